The smallest absolute Gasteiger partial charge is 0.129 e. The van der Waals surface area contributed by atoms with Crippen LogP contribution in [0.5, 0.6) is 0 Å². The Balaban J connectivity index is 2.39. The van der Waals surface area contributed by atoms with Gasteiger partial charge in [0.25, 0.3) is 0 Å². The summed E-state index contributed by atoms with van der Waals surface area (Å²) >= 11 is 1.71. The highest BCUT2D eigenvalue weighted by Gasteiger charge is 2.39. The Bertz CT molecular complexity index is 355. The number of hydrogen-bond donors (Lipinski definition) is 1. The molecule has 1 aromatic rings. The van der Waals surface area contributed by atoms with Gasteiger partial charge in [0.05, 0.1) is 0 Å². The fourth-order valence-corrected chi connectivity index (χ4v) is 3.29. The van der Waals surface area contributed by atoms with Crippen molar-refractivity contribution in [2.75, 3.05) is 5.75 Å². The molecular weight excluding hydrogens is 211 g/mol. The summed E-state index contributed by atoms with van der Waals surface area (Å²) in [5, 5.41) is 10.6. The molecule has 2 atom stereocenters. The van der Waals surface area contributed by atoms with Gasteiger partial charge in [0.1, 0.15) is 11.4 Å². The Morgan fingerprint density at radius 2 is 2.20 bits per heavy atom. The molecule has 82 valence electrons. The maximum absolute atomic E-state index is 13.6. The molecular formula is C12H15FOS. The highest BCUT2D eigenvalue weighted by Crippen LogP contribution is 2.41. The van der Waals surface area contributed by atoms with E-state index in [4.69, 9.17) is 0 Å². The largest absolute Gasteiger partial charge is 0.384 e. The second kappa shape index (κ2) is 4.14. The van der Waals surface area contributed by atoms with E-state index in [2.05, 4.69) is 0 Å². The fourth-order valence-electron chi connectivity index (χ4n) is 2.11. The number of rotatable bonds is 1. The second-order valence-corrected chi connectivity index (χ2v) is 5.47. The van der Waals surface area contributed by atoms with Crippen LogP contribution < -0.4 is 0 Å². The molecule has 0 radical (unpaired) electrons. The molecule has 3 heteroatoms. The number of hydrogen-bond acceptors (Lipinski definition) is 2. The Morgan fingerprint density at radius 1 is 1.47 bits per heavy atom. The summed E-state index contributed by atoms with van der Waals surface area (Å²) in [6.45, 7) is 1.97. The first-order valence-electron chi connectivity index (χ1n) is 5.23. The van der Waals surface area contributed by atoms with Crippen LogP contribution in [-0.2, 0) is 5.60 Å². The van der Waals surface area contributed by atoms with Crippen LogP contribution in [-0.4, -0.2) is 16.1 Å². The summed E-state index contributed by atoms with van der Waals surface area (Å²) in [5.74, 6) is 0.757. The normalized spacial score (nSPS) is 31.5. The van der Waals surface area contributed by atoms with Gasteiger partial charge in [-0.15, -0.1) is 0 Å². The molecule has 0 amide bonds. The zero-order valence-corrected chi connectivity index (χ0v) is 9.56. The minimum atomic E-state index is -0.992. The predicted molar refractivity (Wildman–Crippen MR) is 61.5 cm³/mol. The van der Waals surface area contributed by atoms with Crippen molar-refractivity contribution in [1.29, 1.82) is 0 Å². The minimum absolute atomic E-state index is 0.0585. The summed E-state index contributed by atoms with van der Waals surface area (Å²) < 4.78 is 13.6. The molecule has 1 N–H and O–H groups in total. The Labute approximate surface area is 93.7 Å². The molecule has 0 spiro atoms. The van der Waals surface area contributed by atoms with Crippen molar-refractivity contribution < 1.29 is 9.50 Å². The zero-order valence-electron chi connectivity index (χ0n) is 8.74. The predicted octanol–water partition coefficient (Wildman–Crippen LogP) is 2.93. The molecule has 1 aromatic carbocycles. The van der Waals surface area contributed by atoms with E-state index >= 15 is 0 Å². The Morgan fingerprint density at radius 3 is 2.87 bits per heavy atom. The summed E-state index contributed by atoms with van der Waals surface area (Å²) in [4.78, 5) is 0. The lowest BCUT2D eigenvalue weighted by Crippen LogP contribution is -2.39. The quantitative estimate of drug-likeness (QED) is 0.794. The number of benzene rings is 1. The second-order valence-electron chi connectivity index (χ2n) is 4.02. The maximum Gasteiger partial charge on any atom is 0.129 e. The van der Waals surface area contributed by atoms with E-state index in [0.717, 1.165) is 12.2 Å². The molecule has 0 aliphatic carbocycles. The van der Waals surface area contributed by atoms with Gasteiger partial charge < -0.3 is 5.11 Å². The first kappa shape index (κ1) is 11.0. The molecule has 2 unspecified atom stereocenters. The van der Waals surface area contributed by atoms with E-state index in [-0.39, 0.29) is 11.1 Å². The molecule has 15 heavy (non-hydrogen) atoms. The lowest BCUT2D eigenvalue weighted by molar-refractivity contribution is 0.0220. The first-order valence-corrected chi connectivity index (χ1v) is 6.28. The molecule has 0 bridgehead atoms. The van der Waals surface area contributed by atoms with Crippen molar-refractivity contribution in [3.8, 4) is 0 Å². The SMILES string of the molecule is CC1SCCCC1(O)c1ccccc1F. The lowest BCUT2D eigenvalue weighted by atomic mass is 9.86. The van der Waals surface area contributed by atoms with Crippen LogP contribution >= 0.6 is 11.8 Å². The van der Waals surface area contributed by atoms with Gasteiger partial charge in [-0.1, -0.05) is 25.1 Å². The van der Waals surface area contributed by atoms with Gasteiger partial charge in [0.15, 0.2) is 0 Å². The van der Waals surface area contributed by atoms with Crippen molar-refractivity contribution in [1.82, 2.24) is 0 Å². The van der Waals surface area contributed by atoms with Crippen molar-refractivity contribution in [2.45, 2.75) is 30.6 Å². The molecule has 0 saturated carbocycles. The van der Waals surface area contributed by atoms with Gasteiger partial charge in [-0.3, -0.25) is 0 Å². The molecule has 1 saturated heterocycles. The third-order valence-corrected chi connectivity index (χ3v) is 4.50. The van der Waals surface area contributed by atoms with Crippen molar-refractivity contribution in [3.05, 3.63) is 35.6 Å². The van der Waals surface area contributed by atoms with E-state index in [1.807, 2.05) is 6.92 Å². The average Bonchev–Trinajstić information content (AvgIpc) is 2.23. The third-order valence-electron chi connectivity index (χ3n) is 3.08. The van der Waals surface area contributed by atoms with Crippen molar-refractivity contribution >= 4 is 11.8 Å². The summed E-state index contributed by atoms with van der Waals surface area (Å²) in [5.41, 5.74) is -0.543. The maximum atomic E-state index is 13.6. The van der Waals surface area contributed by atoms with Gasteiger partial charge in [0, 0.05) is 10.8 Å². The van der Waals surface area contributed by atoms with E-state index in [1.54, 1.807) is 30.0 Å². The number of halogens is 1. The Hall–Kier alpha value is -0.540. The average molecular weight is 226 g/mol. The monoisotopic (exact) mass is 226 g/mol. The summed E-state index contributed by atoms with van der Waals surface area (Å²) in [7, 11) is 0. The third kappa shape index (κ3) is 1.91. The van der Waals surface area contributed by atoms with Gasteiger partial charge in [-0.2, -0.15) is 11.8 Å². The van der Waals surface area contributed by atoms with E-state index in [0.29, 0.717) is 12.0 Å². The molecule has 1 fully saturated rings. The molecule has 1 aliphatic rings. The molecule has 1 heterocycles. The van der Waals surface area contributed by atoms with E-state index in [1.165, 1.54) is 6.07 Å². The highest BCUT2D eigenvalue weighted by atomic mass is 32.2. The summed E-state index contributed by atoms with van der Waals surface area (Å²) in [6, 6.07) is 6.54. The van der Waals surface area contributed by atoms with Gasteiger partial charge >= 0.3 is 0 Å². The van der Waals surface area contributed by atoms with Gasteiger partial charge in [-0.25, -0.2) is 4.39 Å². The molecule has 1 aliphatic heterocycles. The zero-order chi connectivity index (χ0) is 10.9. The number of aliphatic hydroxyl groups is 1. The van der Waals surface area contributed by atoms with Crippen molar-refractivity contribution in [2.24, 2.45) is 0 Å². The van der Waals surface area contributed by atoms with Gasteiger partial charge in [0.2, 0.25) is 0 Å². The Kier molecular flexibility index (Phi) is 3.03. The van der Waals surface area contributed by atoms with E-state index in [9.17, 15) is 9.50 Å². The molecule has 2 rings (SSSR count). The van der Waals surface area contributed by atoms with Crippen LogP contribution in [0.1, 0.15) is 25.3 Å². The van der Waals surface area contributed by atoms with E-state index < -0.39 is 5.60 Å². The topological polar surface area (TPSA) is 20.2 Å². The fraction of sp³-hybridized carbons (Fsp3) is 0.500. The minimum Gasteiger partial charge on any atom is -0.384 e. The lowest BCUT2D eigenvalue weighted by Gasteiger charge is -2.38. The summed E-state index contributed by atoms with van der Waals surface area (Å²) in [6.07, 6.45) is 1.60. The van der Waals surface area contributed by atoms with Crippen LogP contribution in [0.3, 0.4) is 0 Å². The molecule has 0 aromatic heterocycles. The van der Waals surface area contributed by atoms with Gasteiger partial charge in [-0.05, 0) is 24.7 Å². The standard InChI is InChI=1S/C12H15FOS/c1-9-12(14,7-4-8-15-9)10-5-2-3-6-11(10)13/h2-3,5-6,9,14H,4,7-8H2,1H3. The van der Waals surface area contributed by atoms with Crippen LogP contribution in [0, 0.1) is 5.82 Å². The van der Waals surface area contributed by atoms with Crippen LogP contribution in [0.4, 0.5) is 4.39 Å². The van der Waals surface area contributed by atoms with Crippen LogP contribution in [0.15, 0.2) is 24.3 Å². The number of thioether (sulfide) groups is 1. The molecule has 1 nitrogen and oxygen atoms in total. The first-order chi connectivity index (χ1) is 7.14. The highest BCUT2D eigenvalue weighted by molar-refractivity contribution is 8.00. The van der Waals surface area contributed by atoms with Crippen molar-refractivity contribution in [3.63, 3.8) is 0 Å². The van der Waals surface area contributed by atoms with Crippen LogP contribution in [0.2, 0.25) is 0 Å². The van der Waals surface area contributed by atoms with Crippen LogP contribution in [0.25, 0.3) is 0 Å².